The number of benzene rings is 1. The molecule has 0 atom stereocenters. The van der Waals surface area contributed by atoms with Gasteiger partial charge >= 0.3 is 0 Å². The minimum Gasteiger partial charge on any atom is -0.319 e. The number of amides is 1. The highest BCUT2D eigenvalue weighted by Gasteiger charge is 2.19. The summed E-state index contributed by atoms with van der Waals surface area (Å²) in [6.07, 6.45) is 0.546. The van der Waals surface area contributed by atoms with Crippen molar-refractivity contribution in [2.45, 2.75) is 13.0 Å². The Morgan fingerprint density at radius 2 is 2.29 bits per heavy atom. The summed E-state index contributed by atoms with van der Waals surface area (Å²) in [7, 11) is 1.87. The smallest absolute Gasteiger partial charge is 0.228 e. The van der Waals surface area contributed by atoms with E-state index in [4.69, 9.17) is 0 Å². The second-order valence-corrected chi connectivity index (χ2v) is 4.20. The van der Waals surface area contributed by atoms with Crippen molar-refractivity contribution in [1.29, 1.82) is 0 Å². The maximum Gasteiger partial charge on any atom is 0.228 e. The van der Waals surface area contributed by atoms with Gasteiger partial charge in [0.1, 0.15) is 0 Å². The lowest BCUT2D eigenvalue weighted by Crippen LogP contribution is -2.36. The zero-order chi connectivity index (χ0) is 12.1. The van der Waals surface area contributed by atoms with Crippen molar-refractivity contribution in [3.05, 3.63) is 29.8 Å². The van der Waals surface area contributed by atoms with Crippen LogP contribution in [-0.2, 0) is 11.3 Å². The van der Waals surface area contributed by atoms with E-state index in [-0.39, 0.29) is 5.91 Å². The first-order valence-corrected chi connectivity index (χ1v) is 6.06. The van der Waals surface area contributed by atoms with E-state index < -0.39 is 0 Å². The average molecular weight is 233 g/mol. The van der Waals surface area contributed by atoms with Gasteiger partial charge in [-0.05, 0) is 18.7 Å². The van der Waals surface area contributed by atoms with E-state index in [1.165, 1.54) is 5.56 Å². The van der Waals surface area contributed by atoms with E-state index in [9.17, 15) is 4.79 Å². The molecule has 1 heterocycles. The van der Waals surface area contributed by atoms with Crippen molar-refractivity contribution in [2.24, 2.45) is 0 Å². The number of anilines is 1. The first-order chi connectivity index (χ1) is 8.33. The normalized spacial score (nSPS) is 15.2. The Morgan fingerprint density at radius 1 is 1.47 bits per heavy atom. The van der Waals surface area contributed by atoms with Gasteiger partial charge in [-0.1, -0.05) is 18.2 Å². The Balaban J connectivity index is 2.19. The summed E-state index contributed by atoms with van der Waals surface area (Å²) in [6, 6.07) is 8.11. The second kappa shape index (κ2) is 5.80. The molecule has 1 aromatic rings. The number of nitrogens with zero attached hydrogens (tertiary/aromatic N) is 1. The molecule has 2 rings (SSSR count). The second-order valence-electron chi connectivity index (χ2n) is 4.20. The minimum atomic E-state index is 0.190. The number of hydrogen-bond donors (Lipinski definition) is 2. The van der Waals surface area contributed by atoms with Gasteiger partial charge in [0, 0.05) is 38.3 Å². The predicted molar refractivity (Wildman–Crippen MR) is 69.0 cm³/mol. The maximum atomic E-state index is 12.1. The summed E-state index contributed by atoms with van der Waals surface area (Å²) < 4.78 is 0. The van der Waals surface area contributed by atoms with Gasteiger partial charge in [-0.25, -0.2) is 0 Å². The fraction of sp³-hybridized carbons (Fsp3) is 0.462. The van der Waals surface area contributed by atoms with Crippen molar-refractivity contribution in [2.75, 3.05) is 31.6 Å². The molecule has 1 amide bonds. The minimum absolute atomic E-state index is 0.190. The number of carbonyl (C=O) groups excluding carboxylic acids is 1. The third kappa shape index (κ3) is 2.84. The number of nitrogens with one attached hydrogen (secondary N) is 2. The van der Waals surface area contributed by atoms with Crippen LogP contribution in [0.2, 0.25) is 0 Å². The van der Waals surface area contributed by atoms with Gasteiger partial charge in [0.15, 0.2) is 0 Å². The molecule has 0 bridgehead atoms. The molecule has 4 heteroatoms. The zero-order valence-electron chi connectivity index (χ0n) is 10.2. The van der Waals surface area contributed by atoms with Gasteiger partial charge in [-0.2, -0.15) is 0 Å². The summed E-state index contributed by atoms with van der Waals surface area (Å²) in [6.45, 7) is 3.16. The fourth-order valence-corrected chi connectivity index (χ4v) is 2.08. The van der Waals surface area contributed by atoms with Crippen molar-refractivity contribution >= 4 is 11.6 Å². The number of para-hydroxylation sites is 1. The van der Waals surface area contributed by atoms with Crippen LogP contribution in [0.4, 0.5) is 5.69 Å². The molecule has 1 aliphatic heterocycles. The highest BCUT2D eigenvalue weighted by atomic mass is 16.2. The lowest BCUT2D eigenvalue weighted by molar-refractivity contribution is -0.118. The van der Waals surface area contributed by atoms with Crippen LogP contribution in [0.1, 0.15) is 12.0 Å². The molecular formula is C13H19N3O. The van der Waals surface area contributed by atoms with Crippen molar-refractivity contribution < 1.29 is 4.79 Å². The monoisotopic (exact) mass is 233 g/mol. The van der Waals surface area contributed by atoms with Gasteiger partial charge in [-0.15, -0.1) is 0 Å². The average Bonchev–Trinajstić information content (AvgIpc) is 2.58. The first-order valence-electron chi connectivity index (χ1n) is 6.06. The molecule has 0 spiro atoms. The summed E-state index contributed by atoms with van der Waals surface area (Å²) >= 11 is 0. The molecule has 0 unspecified atom stereocenters. The number of hydrogen-bond acceptors (Lipinski definition) is 3. The molecule has 2 N–H and O–H groups in total. The molecule has 0 saturated carbocycles. The van der Waals surface area contributed by atoms with Gasteiger partial charge in [0.25, 0.3) is 0 Å². The lowest BCUT2D eigenvalue weighted by Gasteiger charge is -2.22. The molecule has 0 aliphatic carbocycles. The summed E-state index contributed by atoms with van der Waals surface area (Å²) in [5.41, 5.74) is 2.25. The van der Waals surface area contributed by atoms with E-state index >= 15 is 0 Å². The number of fused-ring (bicyclic) bond motifs is 1. The summed E-state index contributed by atoms with van der Waals surface area (Å²) in [5, 5.41) is 6.35. The van der Waals surface area contributed by atoms with Crippen LogP contribution in [0.5, 0.6) is 0 Å². The van der Waals surface area contributed by atoms with E-state index in [2.05, 4.69) is 16.7 Å². The fourth-order valence-electron chi connectivity index (χ4n) is 2.08. The summed E-state index contributed by atoms with van der Waals surface area (Å²) in [5.74, 6) is 0.190. The Kier molecular flexibility index (Phi) is 4.12. The molecule has 0 radical (unpaired) electrons. The predicted octanol–water partition coefficient (Wildman–Crippen LogP) is 0.732. The maximum absolute atomic E-state index is 12.1. The van der Waals surface area contributed by atoms with Crippen molar-refractivity contribution in [1.82, 2.24) is 10.6 Å². The Morgan fingerprint density at radius 3 is 3.12 bits per heavy atom. The van der Waals surface area contributed by atoms with Gasteiger partial charge in [0.2, 0.25) is 5.91 Å². The Hall–Kier alpha value is -1.39. The molecule has 17 heavy (non-hydrogen) atoms. The van der Waals surface area contributed by atoms with Crippen LogP contribution in [-0.4, -0.2) is 32.6 Å². The quantitative estimate of drug-likeness (QED) is 0.809. The molecular weight excluding hydrogens is 214 g/mol. The zero-order valence-corrected chi connectivity index (χ0v) is 10.2. The van der Waals surface area contributed by atoms with Crippen LogP contribution >= 0.6 is 0 Å². The van der Waals surface area contributed by atoms with E-state index in [0.717, 1.165) is 31.9 Å². The number of rotatable bonds is 3. The molecule has 1 aliphatic rings. The Bertz CT molecular complexity index is 392. The van der Waals surface area contributed by atoms with Crippen LogP contribution in [0.15, 0.2) is 24.3 Å². The van der Waals surface area contributed by atoms with Crippen LogP contribution in [0.25, 0.3) is 0 Å². The van der Waals surface area contributed by atoms with Gasteiger partial charge in [0.05, 0.1) is 0 Å². The van der Waals surface area contributed by atoms with Crippen LogP contribution in [0.3, 0.4) is 0 Å². The highest BCUT2D eigenvalue weighted by molar-refractivity contribution is 5.94. The van der Waals surface area contributed by atoms with Crippen LogP contribution in [0, 0.1) is 0 Å². The van der Waals surface area contributed by atoms with E-state index in [1.807, 2.05) is 30.1 Å². The molecule has 4 nitrogen and oxygen atoms in total. The van der Waals surface area contributed by atoms with Crippen molar-refractivity contribution in [3.63, 3.8) is 0 Å². The van der Waals surface area contributed by atoms with Crippen LogP contribution < -0.4 is 15.5 Å². The first kappa shape index (κ1) is 12.1. The molecule has 0 fully saturated rings. The highest BCUT2D eigenvalue weighted by Crippen LogP contribution is 2.22. The Labute approximate surface area is 102 Å². The van der Waals surface area contributed by atoms with E-state index in [0.29, 0.717) is 6.42 Å². The largest absolute Gasteiger partial charge is 0.319 e. The molecule has 0 aromatic heterocycles. The SMILES string of the molecule is CNCCC(=O)N1CCNCc2ccccc21. The van der Waals surface area contributed by atoms with Gasteiger partial charge in [-0.3, -0.25) is 4.79 Å². The molecule has 1 aromatic carbocycles. The third-order valence-corrected chi connectivity index (χ3v) is 3.00. The summed E-state index contributed by atoms with van der Waals surface area (Å²) in [4.78, 5) is 14.0. The van der Waals surface area contributed by atoms with Crippen molar-refractivity contribution in [3.8, 4) is 0 Å². The third-order valence-electron chi connectivity index (χ3n) is 3.00. The lowest BCUT2D eigenvalue weighted by atomic mass is 10.1. The topological polar surface area (TPSA) is 44.4 Å². The number of carbonyl (C=O) groups is 1. The van der Waals surface area contributed by atoms with E-state index in [1.54, 1.807) is 0 Å². The van der Waals surface area contributed by atoms with Gasteiger partial charge < -0.3 is 15.5 Å². The molecule has 0 saturated heterocycles. The standard InChI is InChI=1S/C13H19N3O/c1-14-7-6-13(17)16-9-8-15-10-11-4-2-3-5-12(11)16/h2-5,14-15H,6-10H2,1H3. The molecule has 92 valence electrons.